The molecule has 0 saturated carbocycles. The molecule has 15 heteroatoms. The van der Waals surface area contributed by atoms with E-state index < -0.39 is 5.60 Å². The van der Waals surface area contributed by atoms with Crippen LogP contribution in [0.2, 0.25) is 0 Å². The largest absolute Gasteiger partial charge is 0.378 e. The van der Waals surface area contributed by atoms with Gasteiger partial charge >= 0.3 is 0 Å². The third-order valence-corrected chi connectivity index (χ3v) is 16.7. The van der Waals surface area contributed by atoms with Crippen molar-refractivity contribution in [1.82, 2.24) is 19.8 Å². The predicted molar refractivity (Wildman–Crippen MR) is 275 cm³/mol. The molecule has 4 aromatic heterocycles. The molecule has 2 aliphatic heterocycles. The lowest BCUT2D eigenvalue weighted by atomic mass is 9.72. The summed E-state index contributed by atoms with van der Waals surface area (Å²) in [4.78, 5) is 39.5. The fraction of sp³-hybridized carbons (Fsp3) is 0.370. The molecule has 0 bridgehead atoms. The quantitative estimate of drug-likeness (QED) is 0.112. The van der Waals surface area contributed by atoms with E-state index >= 15 is 0 Å². The summed E-state index contributed by atoms with van der Waals surface area (Å²) in [5.41, 5.74) is 12.1. The van der Waals surface area contributed by atoms with Crippen molar-refractivity contribution in [3.05, 3.63) is 183 Å². The minimum Gasteiger partial charge on any atom is -0.378 e. The molecule has 2 saturated heterocycles. The molecule has 2 amide bonds. The van der Waals surface area contributed by atoms with Crippen LogP contribution in [0.25, 0.3) is 0 Å². The van der Waals surface area contributed by atoms with Crippen molar-refractivity contribution in [3.8, 4) is 0 Å². The van der Waals surface area contributed by atoms with Crippen LogP contribution in [0, 0.1) is 25.7 Å². The van der Waals surface area contributed by atoms with Crippen molar-refractivity contribution < 1.29 is 34.6 Å². The summed E-state index contributed by atoms with van der Waals surface area (Å²) < 4.78 is 5.99. The molecular weight excluding hydrogens is 1130 g/mol. The smallest absolute Gasteiger partial charge is 0.226 e. The van der Waals surface area contributed by atoms with Crippen LogP contribution < -0.4 is 9.46 Å². The van der Waals surface area contributed by atoms with Gasteiger partial charge in [-0.25, -0.2) is 0 Å². The average molecular weight is 1190 g/mol. The Hall–Kier alpha value is -4.54. The van der Waals surface area contributed by atoms with Crippen LogP contribution in [-0.2, 0) is 53.7 Å². The van der Waals surface area contributed by atoms with E-state index in [9.17, 15) is 25.1 Å². The van der Waals surface area contributed by atoms with Gasteiger partial charge in [0.2, 0.25) is 36.6 Å². The predicted octanol–water partition coefficient (Wildman–Crippen LogP) is 9.41. The number of rotatable bonds is 6. The van der Waals surface area contributed by atoms with Gasteiger partial charge in [-0.15, -0.1) is 0 Å². The maximum absolute atomic E-state index is 13.0. The van der Waals surface area contributed by atoms with Gasteiger partial charge in [-0.1, -0.05) is 44.0 Å². The Morgan fingerprint density at radius 1 is 0.638 bits per heavy atom. The van der Waals surface area contributed by atoms with Crippen LogP contribution in [-0.4, -0.2) is 73.3 Å². The van der Waals surface area contributed by atoms with Crippen LogP contribution in [0.1, 0.15) is 98.6 Å². The highest BCUT2D eigenvalue weighted by Crippen LogP contribution is 2.49. The van der Waals surface area contributed by atoms with E-state index in [0.717, 1.165) is 114 Å². The topological polar surface area (TPSA) is 135 Å². The van der Waals surface area contributed by atoms with Crippen molar-refractivity contribution in [3.63, 3.8) is 0 Å². The van der Waals surface area contributed by atoms with Gasteiger partial charge in [0.05, 0.1) is 24.2 Å². The fourth-order valence-electron chi connectivity index (χ4n) is 11.2. The van der Waals surface area contributed by atoms with E-state index in [-0.39, 0.29) is 23.7 Å². The second-order valence-electron chi connectivity index (χ2n) is 19.1. The zero-order valence-electron chi connectivity index (χ0n) is 38.7. The number of benzene rings is 2. The number of carbonyl (C=O) groups excluding carboxylic acids is 2. The second kappa shape index (κ2) is 21.0. The Labute approximate surface area is 437 Å². The first-order valence-electron chi connectivity index (χ1n) is 23.7. The number of halogens is 4. The number of nitrogens with zero attached hydrogens (tertiary/aromatic N) is 6. The van der Waals surface area contributed by atoms with E-state index in [4.69, 9.17) is 9.97 Å². The SMILES string of the molecule is Cc1cc(Br)c2c(c1)CCc1cc(Br)cnc1C2(O)C1CCN(C(=O)Cc2cc[n+](O)cc2)CC1.Cc1cc(Br)c2c(c1)CCc1cc(Br)cnc1C2C1CCN(C(=O)Cc2cc[n+](O)cc2)CC1. The molecule has 2 aliphatic carbocycles. The number of aliphatic hydroxyl groups is 1. The van der Waals surface area contributed by atoms with Crippen LogP contribution in [0.5, 0.6) is 0 Å². The molecule has 2 aromatic carbocycles. The summed E-state index contributed by atoms with van der Waals surface area (Å²) in [5.74, 6) is 0.792. The summed E-state index contributed by atoms with van der Waals surface area (Å²) in [6, 6.07) is 20.2. The number of amides is 2. The van der Waals surface area contributed by atoms with Gasteiger partial charge in [-0.2, -0.15) is 0 Å². The van der Waals surface area contributed by atoms with Crippen molar-refractivity contribution in [2.24, 2.45) is 11.8 Å². The number of likely N-dealkylation sites (tertiary alicyclic amines) is 2. The summed E-state index contributed by atoms with van der Waals surface area (Å²) in [6.07, 6.45) is 17.5. The minimum atomic E-state index is -1.24. The van der Waals surface area contributed by atoms with Gasteiger partial charge in [0.25, 0.3) is 0 Å². The number of aryl methyl sites for hydroxylation is 6. The van der Waals surface area contributed by atoms with E-state index in [1.807, 2.05) is 16.0 Å². The van der Waals surface area contributed by atoms with E-state index in [0.29, 0.717) is 44.7 Å². The summed E-state index contributed by atoms with van der Waals surface area (Å²) in [7, 11) is 0. The Bertz CT molecular complexity index is 2890. The van der Waals surface area contributed by atoms with Gasteiger partial charge in [0.15, 0.2) is 0 Å². The highest BCUT2D eigenvalue weighted by molar-refractivity contribution is 9.11. The van der Waals surface area contributed by atoms with Crippen LogP contribution in [0.4, 0.5) is 0 Å². The lowest BCUT2D eigenvalue weighted by molar-refractivity contribution is -0.904. The van der Waals surface area contributed by atoms with Gasteiger partial charge in [0.1, 0.15) is 5.60 Å². The van der Waals surface area contributed by atoms with Crippen molar-refractivity contribution >= 4 is 75.5 Å². The Balaban J connectivity index is 0.000000172. The number of aromatic nitrogens is 4. The molecule has 0 radical (unpaired) electrons. The Morgan fingerprint density at radius 3 is 1.71 bits per heavy atom. The van der Waals surface area contributed by atoms with E-state index in [1.54, 1.807) is 42.9 Å². The van der Waals surface area contributed by atoms with Crippen molar-refractivity contribution in [1.29, 1.82) is 0 Å². The van der Waals surface area contributed by atoms with E-state index in [2.05, 4.69) is 114 Å². The lowest BCUT2D eigenvalue weighted by Crippen LogP contribution is -2.47. The molecule has 2 fully saturated rings. The van der Waals surface area contributed by atoms with Gasteiger partial charge in [-0.3, -0.25) is 30.0 Å². The van der Waals surface area contributed by atoms with Crippen molar-refractivity contribution in [2.45, 2.75) is 89.6 Å². The first-order chi connectivity index (χ1) is 33.1. The maximum atomic E-state index is 13.0. The molecule has 11 nitrogen and oxygen atoms in total. The summed E-state index contributed by atoms with van der Waals surface area (Å²) in [6.45, 7) is 6.93. The molecule has 2 atom stereocenters. The first-order valence-corrected chi connectivity index (χ1v) is 26.9. The molecule has 4 aliphatic rings. The molecule has 6 aromatic rings. The highest BCUT2D eigenvalue weighted by Gasteiger charge is 2.48. The zero-order valence-corrected chi connectivity index (χ0v) is 45.1. The number of piperidine rings is 2. The number of hydrogen-bond donors (Lipinski definition) is 3. The lowest BCUT2D eigenvalue weighted by Gasteiger charge is -2.42. The van der Waals surface area contributed by atoms with Crippen LogP contribution in [0.3, 0.4) is 0 Å². The standard InChI is InChI=1S/C27H28Br2N3O3.C27H28Br2N3O2/c1-17-12-19-2-3-20-15-22(28)16-30-26(20)27(34,25(19)23(29)13-17)21-6-8-31(9-7-21)24(33)14-18-4-10-32(35)11-5-18;1-17-12-20-2-3-21-15-22(28)16-30-27(21)26(25(20)23(29)13-17)19-6-8-31(9-7-19)24(33)14-18-4-10-32(34)11-5-18/h4-5,10-13,15-16,21,34-35H,2-3,6-9,14H2,1H3;4-5,10-13,15-16,19,26,34H,2-3,6-9,14H2,1H3/q2*+1. The number of carbonyl (C=O) groups is 2. The number of hydrogen-bond acceptors (Lipinski definition) is 7. The molecule has 6 heterocycles. The average Bonchev–Trinajstić information content (AvgIpc) is 3.56. The third kappa shape index (κ3) is 10.7. The van der Waals surface area contributed by atoms with E-state index in [1.165, 1.54) is 44.8 Å². The fourth-order valence-corrected chi connectivity index (χ4v) is 13.7. The first kappa shape index (κ1) is 49.4. The molecule has 10 rings (SSSR count). The Kier molecular flexibility index (Phi) is 15.1. The molecule has 2 unspecified atom stereocenters. The van der Waals surface area contributed by atoms with Crippen LogP contribution in [0.15, 0.2) is 116 Å². The molecule has 358 valence electrons. The summed E-state index contributed by atoms with van der Waals surface area (Å²) in [5, 5.41) is 31.4. The second-order valence-corrected chi connectivity index (χ2v) is 22.6. The van der Waals surface area contributed by atoms with Crippen molar-refractivity contribution in [2.75, 3.05) is 26.2 Å². The Morgan fingerprint density at radius 2 is 1.12 bits per heavy atom. The van der Waals surface area contributed by atoms with Gasteiger partial charge < -0.3 is 14.9 Å². The number of fused-ring (bicyclic) bond motifs is 4. The molecule has 69 heavy (non-hydrogen) atoms. The third-order valence-electron chi connectivity index (χ3n) is 14.5. The molecular formula is C54H56Br4N6O5+2. The molecule has 3 N–H and O–H groups in total. The van der Waals surface area contributed by atoms with Crippen LogP contribution >= 0.6 is 63.7 Å². The highest BCUT2D eigenvalue weighted by atomic mass is 79.9. The maximum Gasteiger partial charge on any atom is 0.226 e. The summed E-state index contributed by atoms with van der Waals surface area (Å²) >= 11 is 14.8. The van der Waals surface area contributed by atoms with Gasteiger partial charge in [0, 0.05) is 108 Å². The van der Waals surface area contributed by atoms with Gasteiger partial charge in [-0.05, 0) is 177 Å². The monoisotopic (exact) mass is 1180 g/mol. The zero-order chi connectivity index (χ0) is 48.6. The normalized spacial score (nSPS) is 19.2. The number of pyridine rings is 4. The molecule has 0 spiro atoms. The minimum absolute atomic E-state index is 0.0617.